The van der Waals surface area contributed by atoms with E-state index >= 15 is 0 Å². The molecule has 0 saturated heterocycles. The molecule has 0 aliphatic rings. The summed E-state index contributed by atoms with van der Waals surface area (Å²) in [5, 5.41) is 4.33. The molecule has 0 aliphatic heterocycles. The van der Waals surface area contributed by atoms with Gasteiger partial charge in [-0.2, -0.15) is 0 Å². The highest BCUT2D eigenvalue weighted by atomic mass is 79.9. The molecule has 0 fully saturated rings. The fraction of sp³-hybridized carbons (Fsp3) is 0.200. The van der Waals surface area contributed by atoms with Crippen LogP contribution in [0, 0.1) is 0 Å². The molecule has 0 radical (unpaired) electrons. The first-order valence-electron chi connectivity index (χ1n) is 8.04. The van der Waals surface area contributed by atoms with Gasteiger partial charge in [-0.15, -0.1) is 0 Å². The number of nitrogens with one attached hydrogen (secondary N) is 1. The van der Waals surface area contributed by atoms with Crippen LogP contribution in [0.15, 0.2) is 53.1 Å². The van der Waals surface area contributed by atoms with Crippen molar-refractivity contribution in [2.24, 2.45) is 0 Å². The molecule has 1 N–H and O–H groups in total. The number of hydrogen-bond donors (Lipinski definition) is 1. The summed E-state index contributed by atoms with van der Waals surface area (Å²) in [6.07, 6.45) is 1.64. The van der Waals surface area contributed by atoms with Crippen LogP contribution in [0.4, 0.5) is 11.4 Å². The van der Waals surface area contributed by atoms with Crippen molar-refractivity contribution < 1.29 is 4.79 Å². The summed E-state index contributed by atoms with van der Waals surface area (Å²) in [6, 6.07) is 14.1. The predicted octanol–water partition coefficient (Wildman–Crippen LogP) is 5.01. The summed E-state index contributed by atoms with van der Waals surface area (Å²) in [5.41, 5.74) is 4.41. The second-order valence-corrected chi connectivity index (χ2v) is 7.24. The lowest BCUT2D eigenvalue weighted by molar-refractivity contribution is 0.101. The standard InChI is InChI=1S/C20H20BrN3O/c1-13(25)18-11-22-19-9-6-15(21)10-17(19)20(18)23-16-7-4-14(5-8-16)12-24(2)3/h4-11H,12H2,1-3H3,(H,22,23). The van der Waals surface area contributed by atoms with Crippen molar-refractivity contribution in [2.45, 2.75) is 13.5 Å². The Kier molecular flexibility index (Phi) is 5.16. The third kappa shape index (κ3) is 4.06. The first-order chi connectivity index (χ1) is 11.9. The zero-order chi connectivity index (χ0) is 18.0. The van der Waals surface area contributed by atoms with E-state index < -0.39 is 0 Å². The maximum atomic E-state index is 12.1. The zero-order valence-electron chi connectivity index (χ0n) is 14.5. The van der Waals surface area contributed by atoms with Crippen molar-refractivity contribution in [2.75, 3.05) is 19.4 Å². The SMILES string of the molecule is CC(=O)c1cnc2ccc(Br)cc2c1Nc1ccc(CN(C)C)cc1. The molecule has 0 bridgehead atoms. The fourth-order valence-electron chi connectivity index (χ4n) is 2.77. The summed E-state index contributed by atoms with van der Waals surface area (Å²) in [7, 11) is 4.10. The van der Waals surface area contributed by atoms with Gasteiger partial charge >= 0.3 is 0 Å². The van der Waals surface area contributed by atoms with E-state index in [9.17, 15) is 4.79 Å². The number of fused-ring (bicyclic) bond motifs is 1. The third-order valence-electron chi connectivity index (χ3n) is 3.93. The van der Waals surface area contributed by atoms with E-state index in [4.69, 9.17) is 0 Å². The normalized spacial score (nSPS) is 11.1. The van der Waals surface area contributed by atoms with Gasteiger partial charge in [0.2, 0.25) is 0 Å². The van der Waals surface area contributed by atoms with Gasteiger partial charge in [0, 0.05) is 28.3 Å². The molecule has 0 atom stereocenters. The molecule has 1 aromatic heterocycles. The summed E-state index contributed by atoms with van der Waals surface area (Å²) in [5.74, 6) is -0.0129. The lowest BCUT2D eigenvalue weighted by Crippen LogP contribution is -2.10. The predicted molar refractivity (Wildman–Crippen MR) is 107 cm³/mol. The van der Waals surface area contributed by atoms with Crippen LogP contribution in [0.5, 0.6) is 0 Å². The summed E-state index contributed by atoms with van der Waals surface area (Å²) >= 11 is 3.50. The second kappa shape index (κ2) is 7.33. The maximum absolute atomic E-state index is 12.1. The first-order valence-corrected chi connectivity index (χ1v) is 8.83. The van der Waals surface area contributed by atoms with Gasteiger partial charge in [-0.25, -0.2) is 0 Å². The number of nitrogens with zero attached hydrogens (tertiary/aromatic N) is 2. The van der Waals surface area contributed by atoms with E-state index in [1.165, 1.54) is 5.56 Å². The maximum Gasteiger partial charge on any atom is 0.163 e. The number of halogens is 1. The minimum Gasteiger partial charge on any atom is -0.354 e. The summed E-state index contributed by atoms with van der Waals surface area (Å²) in [4.78, 5) is 18.6. The highest BCUT2D eigenvalue weighted by molar-refractivity contribution is 9.10. The van der Waals surface area contributed by atoms with E-state index in [0.29, 0.717) is 5.56 Å². The van der Waals surface area contributed by atoms with Crippen LogP contribution in [-0.4, -0.2) is 29.8 Å². The van der Waals surface area contributed by atoms with Crippen LogP contribution in [0.1, 0.15) is 22.8 Å². The minimum absolute atomic E-state index is 0.0129. The summed E-state index contributed by atoms with van der Waals surface area (Å²) in [6.45, 7) is 2.45. The molecule has 0 saturated carbocycles. The molecular formula is C20H20BrN3O. The molecular weight excluding hydrogens is 378 g/mol. The van der Waals surface area contributed by atoms with Gasteiger partial charge in [0.05, 0.1) is 16.8 Å². The van der Waals surface area contributed by atoms with E-state index in [2.05, 4.69) is 43.3 Å². The van der Waals surface area contributed by atoms with Gasteiger partial charge in [-0.3, -0.25) is 9.78 Å². The Morgan fingerprint density at radius 3 is 2.52 bits per heavy atom. The van der Waals surface area contributed by atoms with Crippen LogP contribution in [0.2, 0.25) is 0 Å². The number of anilines is 2. The Morgan fingerprint density at radius 2 is 1.88 bits per heavy atom. The number of carbonyl (C=O) groups is 1. The minimum atomic E-state index is -0.0129. The monoisotopic (exact) mass is 397 g/mol. The molecule has 2 aromatic carbocycles. The Bertz CT molecular complexity index is 920. The van der Waals surface area contributed by atoms with Crippen LogP contribution in [0.3, 0.4) is 0 Å². The van der Waals surface area contributed by atoms with Gasteiger partial charge in [0.25, 0.3) is 0 Å². The van der Waals surface area contributed by atoms with Crippen LogP contribution < -0.4 is 5.32 Å². The average molecular weight is 398 g/mol. The Hall–Kier alpha value is -2.24. The molecule has 25 heavy (non-hydrogen) atoms. The molecule has 0 aliphatic carbocycles. The number of carbonyl (C=O) groups excluding carboxylic acids is 1. The number of hydrogen-bond acceptors (Lipinski definition) is 4. The lowest BCUT2D eigenvalue weighted by Gasteiger charge is -2.15. The highest BCUT2D eigenvalue weighted by Crippen LogP contribution is 2.31. The zero-order valence-corrected chi connectivity index (χ0v) is 16.1. The molecule has 128 valence electrons. The number of Topliss-reactive ketones (excluding diaryl/α,β-unsaturated/α-hetero) is 1. The van der Waals surface area contributed by atoms with E-state index in [1.807, 2.05) is 44.4 Å². The molecule has 0 amide bonds. The van der Waals surface area contributed by atoms with Crippen LogP contribution in [0.25, 0.3) is 10.9 Å². The highest BCUT2D eigenvalue weighted by Gasteiger charge is 2.13. The second-order valence-electron chi connectivity index (χ2n) is 6.32. The topological polar surface area (TPSA) is 45.2 Å². The Morgan fingerprint density at radius 1 is 1.16 bits per heavy atom. The van der Waals surface area contributed by atoms with Crippen molar-refractivity contribution in [3.63, 3.8) is 0 Å². The van der Waals surface area contributed by atoms with E-state index in [-0.39, 0.29) is 5.78 Å². The molecule has 3 aromatic rings. The largest absolute Gasteiger partial charge is 0.354 e. The molecule has 0 spiro atoms. The van der Waals surface area contributed by atoms with Crippen LogP contribution >= 0.6 is 15.9 Å². The number of ketones is 1. The number of aromatic nitrogens is 1. The fourth-order valence-corrected chi connectivity index (χ4v) is 3.13. The van der Waals surface area contributed by atoms with Gasteiger partial charge in [-0.1, -0.05) is 28.1 Å². The molecule has 1 heterocycles. The Balaban J connectivity index is 2.03. The summed E-state index contributed by atoms with van der Waals surface area (Å²) < 4.78 is 0.951. The molecule has 5 heteroatoms. The molecule has 0 unspecified atom stereocenters. The molecule has 3 rings (SSSR count). The van der Waals surface area contributed by atoms with Crippen molar-refractivity contribution in [3.05, 3.63) is 64.3 Å². The van der Waals surface area contributed by atoms with Crippen LogP contribution in [-0.2, 0) is 6.54 Å². The van der Waals surface area contributed by atoms with Gasteiger partial charge in [-0.05, 0) is 56.9 Å². The smallest absolute Gasteiger partial charge is 0.163 e. The lowest BCUT2D eigenvalue weighted by atomic mass is 10.1. The van der Waals surface area contributed by atoms with Crippen molar-refractivity contribution in [1.82, 2.24) is 9.88 Å². The van der Waals surface area contributed by atoms with Gasteiger partial charge in [0.15, 0.2) is 5.78 Å². The quantitative estimate of drug-likeness (QED) is 0.614. The Labute approximate surface area is 156 Å². The average Bonchev–Trinajstić information content (AvgIpc) is 2.56. The van der Waals surface area contributed by atoms with Crippen molar-refractivity contribution >= 4 is 44.0 Å². The third-order valence-corrected chi connectivity index (χ3v) is 4.42. The van der Waals surface area contributed by atoms with Crippen molar-refractivity contribution in [1.29, 1.82) is 0 Å². The van der Waals surface area contributed by atoms with Crippen molar-refractivity contribution in [3.8, 4) is 0 Å². The van der Waals surface area contributed by atoms with E-state index in [0.717, 1.165) is 33.3 Å². The van der Waals surface area contributed by atoms with Gasteiger partial charge in [0.1, 0.15) is 0 Å². The number of rotatable bonds is 5. The van der Waals surface area contributed by atoms with E-state index in [1.54, 1.807) is 13.1 Å². The number of benzene rings is 2. The number of pyridine rings is 1. The first kappa shape index (κ1) is 17.6. The van der Waals surface area contributed by atoms with Gasteiger partial charge < -0.3 is 10.2 Å². The molecule has 4 nitrogen and oxygen atoms in total.